The maximum absolute atomic E-state index is 12.4. The number of hydrogen-bond donors (Lipinski definition) is 1. The molecule has 1 aromatic heterocycles. The summed E-state index contributed by atoms with van der Waals surface area (Å²) in [5, 5.41) is 2.91. The fourth-order valence-electron chi connectivity index (χ4n) is 3.29. The van der Waals surface area contributed by atoms with E-state index in [9.17, 15) is 9.59 Å². The Labute approximate surface area is 130 Å². The molecule has 0 bridgehead atoms. The molecule has 6 nitrogen and oxygen atoms in total. The van der Waals surface area contributed by atoms with Gasteiger partial charge in [0.05, 0.1) is 18.8 Å². The molecule has 0 unspecified atom stereocenters. The molecule has 22 heavy (non-hydrogen) atoms. The molecule has 1 atom stereocenters. The third-order valence-corrected chi connectivity index (χ3v) is 4.48. The summed E-state index contributed by atoms with van der Waals surface area (Å²) < 4.78 is 5.23. The molecule has 120 valence electrons. The van der Waals surface area contributed by atoms with Crippen LogP contribution < -0.4 is 5.32 Å². The van der Waals surface area contributed by atoms with Gasteiger partial charge < -0.3 is 19.5 Å². The van der Waals surface area contributed by atoms with Crippen LogP contribution in [-0.4, -0.2) is 47.4 Å². The second-order valence-corrected chi connectivity index (χ2v) is 6.02. The predicted octanol–water partition coefficient (Wildman–Crippen LogP) is 1.97. The molecule has 2 fully saturated rings. The number of likely N-dealkylation sites (tertiary alicyclic amines) is 2. The summed E-state index contributed by atoms with van der Waals surface area (Å²) in [4.78, 5) is 28.0. The lowest BCUT2D eigenvalue weighted by molar-refractivity contribution is -0.128. The Kier molecular flexibility index (Phi) is 4.65. The fraction of sp³-hybridized carbons (Fsp3) is 0.625. The minimum atomic E-state index is -0.0623. The molecule has 3 heterocycles. The van der Waals surface area contributed by atoms with Crippen molar-refractivity contribution < 1.29 is 14.0 Å². The lowest BCUT2D eigenvalue weighted by Gasteiger charge is -2.37. The van der Waals surface area contributed by atoms with Crippen LogP contribution in [-0.2, 0) is 11.3 Å². The molecule has 3 amide bonds. The summed E-state index contributed by atoms with van der Waals surface area (Å²) in [6.45, 7) is 2.67. The van der Waals surface area contributed by atoms with E-state index in [4.69, 9.17) is 4.42 Å². The number of nitrogens with one attached hydrogen (secondary N) is 1. The van der Waals surface area contributed by atoms with Crippen molar-refractivity contribution in [1.29, 1.82) is 0 Å². The summed E-state index contributed by atoms with van der Waals surface area (Å²) in [6, 6.07) is 3.72. The molecule has 2 aliphatic rings. The zero-order valence-corrected chi connectivity index (χ0v) is 12.8. The van der Waals surface area contributed by atoms with E-state index < -0.39 is 0 Å². The van der Waals surface area contributed by atoms with Crippen molar-refractivity contribution in [3.05, 3.63) is 24.2 Å². The maximum atomic E-state index is 12.4. The molecule has 0 spiro atoms. The number of urea groups is 1. The van der Waals surface area contributed by atoms with E-state index in [1.165, 1.54) is 0 Å². The Morgan fingerprint density at radius 2 is 2.23 bits per heavy atom. The molecule has 2 saturated heterocycles. The molecule has 1 N–H and O–H groups in total. The molecular weight excluding hydrogens is 282 g/mol. The van der Waals surface area contributed by atoms with Crippen molar-refractivity contribution in [2.24, 2.45) is 0 Å². The Morgan fingerprint density at radius 1 is 1.32 bits per heavy atom. The fourth-order valence-corrected chi connectivity index (χ4v) is 3.29. The summed E-state index contributed by atoms with van der Waals surface area (Å²) in [5.41, 5.74) is 0. The van der Waals surface area contributed by atoms with Crippen molar-refractivity contribution in [3.63, 3.8) is 0 Å². The number of carbonyl (C=O) groups excluding carboxylic acids is 2. The van der Waals surface area contributed by atoms with Crippen LogP contribution in [0.5, 0.6) is 0 Å². The van der Waals surface area contributed by atoms with Gasteiger partial charge in [-0.1, -0.05) is 0 Å². The minimum Gasteiger partial charge on any atom is -0.467 e. The first-order valence-electron chi connectivity index (χ1n) is 8.08. The van der Waals surface area contributed by atoms with Crippen molar-refractivity contribution in [1.82, 2.24) is 15.1 Å². The van der Waals surface area contributed by atoms with E-state index in [1.54, 1.807) is 6.26 Å². The number of hydrogen-bond acceptors (Lipinski definition) is 3. The highest BCUT2D eigenvalue weighted by Crippen LogP contribution is 2.20. The van der Waals surface area contributed by atoms with Crippen LogP contribution >= 0.6 is 0 Å². The van der Waals surface area contributed by atoms with E-state index in [-0.39, 0.29) is 18.0 Å². The Balaban J connectivity index is 1.56. The lowest BCUT2D eigenvalue weighted by Crippen LogP contribution is -2.52. The van der Waals surface area contributed by atoms with Crippen LogP contribution in [0.25, 0.3) is 0 Å². The Bertz CT molecular complexity index is 515. The molecule has 0 aliphatic carbocycles. The zero-order valence-electron chi connectivity index (χ0n) is 12.8. The largest absolute Gasteiger partial charge is 0.467 e. The smallest absolute Gasteiger partial charge is 0.318 e. The highest BCUT2D eigenvalue weighted by molar-refractivity contribution is 5.78. The number of nitrogens with zero attached hydrogens (tertiary/aromatic N) is 2. The van der Waals surface area contributed by atoms with Crippen LogP contribution in [0.15, 0.2) is 22.8 Å². The first-order valence-corrected chi connectivity index (χ1v) is 8.08. The predicted molar refractivity (Wildman–Crippen MR) is 81.1 cm³/mol. The third kappa shape index (κ3) is 3.43. The van der Waals surface area contributed by atoms with Gasteiger partial charge in [-0.2, -0.15) is 0 Å². The molecular formula is C16H23N3O3. The number of carbonyl (C=O) groups is 2. The molecule has 2 aliphatic heterocycles. The second kappa shape index (κ2) is 6.85. The van der Waals surface area contributed by atoms with Crippen molar-refractivity contribution >= 4 is 11.9 Å². The van der Waals surface area contributed by atoms with Gasteiger partial charge in [-0.25, -0.2) is 4.79 Å². The quantitative estimate of drug-likeness (QED) is 0.925. The highest BCUT2D eigenvalue weighted by atomic mass is 16.3. The molecule has 1 aromatic rings. The maximum Gasteiger partial charge on any atom is 0.318 e. The van der Waals surface area contributed by atoms with Gasteiger partial charge in [0.2, 0.25) is 5.91 Å². The van der Waals surface area contributed by atoms with Gasteiger partial charge in [0.15, 0.2) is 0 Å². The monoisotopic (exact) mass is 305 g/mol. The van der Waals surface area contributed by atoms with Gasteiger partial charge in [-0.05, 0) is 37.8 Å². The Morgan fingerprint density at radius 3 is 2.95 bits per heavy atom. The number of amides is 3. The van der Waals surface area contributed by atoms with E-state index >= 15 is 0 Å². The van der Waals surface area contributed by atoms with Gasteiger partial charge in [0, 0.05) is 26.1 Å². The number of rotatable bonds is 4. The van der Waals surface area contributed by atoms with E-state index in [0.717, 1.165) is 44.5 Å². The minimum absolute atomic E-state index is 0.0623. The van der Waals surface area contributed by atoms with Crippen molar-refractivity contribution in [3.8, 4) is 0 Å². The molecule has 0 radical (unpaired) electrons. The van der Waals surface area contributed by atoms with Crippen LogP contribution in [0, 0.1) is 0 Å². The molecule has 0 saturated carbocycles. The normalized spacial score (nSPS) is 22.2. The third-order valence-electron chi connectivity index (χ3n) is 4.48. The topological polar surface area (TPSA) is 65.8 Å². The summed E-state index contributed by atoms with van der Waals surface area (Å²) in [6.07, 6.45) is 6.31. The van der Waals surface area contributed by atoms with Crippen LogP contribution in [0.1, 0.15) is 37.9 Å². The van der Waals surface area contributed by atoms with Crippen molar-refractivity contribution in [2.75, 3.05) is 19.6 Å². The van der Waals surface area contributed by atoms with E-state index in [1.807, 2.05) is 21.9 Å². The molecule has 3 rings (SSSR count). The van der Waals surface area contributed by atoms with Gasteiger partial charge in [-0.3, -0.25) is 4.79 Å². The first kappa shape index (κ1) is 14.9. The number of piperidine rings is 1. The SMILES string of the molecule is O=C1CCCN1C[C@@H]1CCCCN1C(=O)NCc1ccco1. The molecule has 0 aromatic carbocycles. The van der Waals surface area contributed by atoms with Crippen LogP contribution in [0.2, 0.25) is 0 Å². The molecule has 6 heteroatoms. The van der Waals surface area contributed by atoms with E-state index in [0.29, 0.717) is 19.5 Å². The summed E-state index contributed by atoms with van der Waals surface area (Å²) in [7, 11) is 0. The number of furan rings is 1. The van der Waals surface area contributed by atoms with Crippen molar-refractivity contribution in [2.45, 2.75) is 44.7 Å². The second-order valence-electron chi connectivity index (χ2n) is 6.02. The standard InChI is InChI=1S/C16H23N3O3/c20-15-7-3-8-18(15)12-13-5-1-2-9-19(13)16(21)17-11-14-6-4-10-22-14/h4,6,10,13H,1-3,5,7-9,11-12H2,(H,17,21)/t13-/m0/s1. The lowest BCUT2D eigenvalue weighted by atomic mass is 10.0. The van der Waals surface area contributed by atoms with Gasteiger partial charge >= 0.3 is 6.03 Å². The Hall–Kier alpha value is -1.98. The average molecular weight is 305 g/mol. The van der Waals surface area contributed by atoms with Gasteiger partial charge in [0.1, 0.15) is 5.76 Å². The summed E-state index contributed by atoms with van der Waals surface area (Å²) in [5.74, 6) is 0.971. The van der Waals surface area contributed by atoms with Crippen LogP contribution in [0.4, 0.5) is 4.79 Å². The van der Waals surface area contributed by atoms with Gasteiger partial charge in [-0.15, -0.1) is 0 Å². The first-order chi connectivity index (χ1) is 10.7. The summed E-state index contributed by atoms with van der Waals surface area (Å²) >= 11 is 0. The average Bonchev–Trinajstić information content (AvgIpc) is 3.18. The highest BCUT2D eigenvalue weighted by Gasteiger charge is 2.31. The van der Waals surface area contributed by atoms with Crippen LogP contribution in [0.3, 0.4) is 0 Å². The zero-order chi connectivity index (χ0) is 15.4. The van der Waals surface area contributed by atoms with E-state index in [2.05, 4.69) is 5.32 Å². The van der Waals surface area contributed by atoms with Gasteiger partial charge in [0.25, 0.3) is 0 Å².